The predicted molar refractivity (Wildman–Crippen MR) is 229 cm³/mol. The van der Waals surface area contributed by atoms with Gasteiger partial charge in [0, 0.05) is 38.5 Å². The van der Waals surface area contributed by atoms with Crippen LogP contribution in [0.5, 0.6) is 0 Å². The lowest BCUT2D eigenvalue weighted by Gasteiger charge is -2.12. The number of furan rings is 1. The summed E-state index contributed by atoms with van der Waals surface area (Å²) in [5, 5.41) is 4.54. The van der Waals surface area contributed by atoms with Gasteiger partial charge in [-0.25, -0.2) is 15.0 Å². The van der Waals surface area contributed by atoms with E-state index in [2.05, 4.69) is 150 Å². The highest BCUT2D eigenvalue weighted by Gasteiger charge is 2.19. The first-order valence-electron chi connectivity index (χ1n) is 18.8. The molecule has 0 amide bonds. The van der Waals surface area contributed by atoms with E-state index in [4.69, 9.17) is 19.4 Å². The molecule has 3 aromatic heterocycles. The summed E-state index contributed by atoms with van der Waals surface area (Å²) in [6.45, 7) is 0. The Labute approximate surface area is 322 Å². The molecule has 5 heteroatoms. The molecule has 262 valence electrons. The van der Waals surface area contributed by atoms with E-state index in [1.807, 2.05) is 48.5 Å². The summed E-state index contributed by atoms with van der Waals surface area (Å²) >= 11 is 0. The van der Waals surface area contributed by atoms with E-state index in [1.54, 1.807) is 0 Å². The number of aromatic nitrogens is 4. The Kier molecular flexibility index (Phi) is 7.42. The molecule has 0 bridgehead atoms. The lowest BCUT2D eigenvalue weighted by molar-refractivity contribution is 0.673. The van der Waals surface area contributed by atoms with Gasteiger partial charge in [0.25, 0.3) is 0 Å². The highest BCUT2D eigenvalue weighted by atomic mass is 16.3. The van der Waals surface area contributed by atoms with Crippen LogP contribution in [0.3, 0.4) is 0 Å². The first-order chi connectivity index (χ1) is 27.7. The van der Waals surface area contributed by atoms with Gasteiger partial charge >= 0.3 is 0 Å². The molecule has 56 heavy (non-hydrogen) atoms. The van der Waals surface area contributed by atoms with Gasteiger partial charge in [-0.05, 0) is 70.8 Å². The maximum Gasteiger partial charge on any atom is 0.164 e. The third-order valence-corrected chi connectivity index (χ3v) is 10.6. The number of fused-ring (bicyclic) bond motifs is 7. The Balaban J connectivity index is 1.03. The second-order valence-electron chi connectivity index (χ2n) is 14.0. The van der Waals surface area contributed by atoms with Crippen LogP contribution in [0.15, 0.2) is 199 Å². The van der Waals surface area contributed by atoms with Crippen molar-refractivity contribution in [2.75, 3.05) is 0 Å². The number of hydrogen-bond acceptors (Lipinski definition) is 4. The molecular formula is C51H32N4O. The highest BCUT2D eigenvalue weighted by Crippen LogP contribution is 2.41. The van der Waals surface area contributed by atoms with E-state index in [0.29, 0.717) is 17.5 Å². The van der Waals surface area contributed by atoms with Gasteiger partial charge in [-0.2, -0.15) is 0 Å². The molecule has 0 aliphatic rings. The van der Waals surface area contributed by atoms with Crippen LogP contribution in [0, 0.1) is 0 Å². The van der Waals surface area contributed by atoms with Gasteiger partial charge in [-0.15, -0.1) is 0 Å². The summed E-state index contributed by atoms with van der Waals surface area (Å²) in [5.41, 5.74) is 12.3. The zero-order valence-electron chi connectivity index (χ0n) is 30.2. The molecule has 0 N–H and O–H groups in total. The summed E-state index contributed by atoms with van der Waals surface area (Å²) in [4.78, 5) is 15.2. The van der Waals surface area contributed by atoms with Crippen molar-refractivity contribution in [1.82, 2.24) is 19.5 Å². The molecule has 0 fully saturated rings. The van der Waals surface area contributed by atoms with Crippen molar-refractivity contribution in [2.45, 2.75) is 0 Å². The Morgan fingerprint density at radius 3 is 1.57 bits per heavy atom. The maximum atomic E-state index is 6.54. The largest absolute Gasteiger partial charge is 0.455 e. The SMILES string of the molecule is c1ccc(-c2cccc(-c3nc(-c4ccccc4)nc(-c4cccc(-c5cccc(-n6c7ccccc7c7c8oc9ccccc9c8ccc76)c5)c4)n3)c2)cc1. The minimum atomic E-state index is 0.620. The van der Waals surface area contributed by atoms with E-state index in [0.717, 1.165) is 88.4 Å². The van der Waals surface area contributed by atoms with Gasteiger partial charge in [-0.3, -0.25) is 0 Å². The van der Waals surface area contributed by atoms with E-state index in [9.17, 15) is 0 Å². The average Bonchev–Trinajstić information content (AvgIpc) is 3.83. The van der Waals surface area contributed by atoms with Crippen LogP contribution in [0.4, 0.5) is 0 Å². The van der Waals surface area contributed by atoms with Gasteiger partial charge in [0.05, 0.1) is 16.4 Å². The van der Waals surface area contributed by atoms with Crippen LogP contribution in [-0.4, -0.2) is 19.5 Å². The standard InChI is InChI=1S/C51H32N4O/c1-3-14-33(15-4-1)35-18-11-21-38(30-35)50-52-49(34-16-5-2-6-17-34)53-51(54-50)39-22-12-19-36(31-39)37-20-13-23-40(32-37)55-44-26-9-7-25-43(44)47-45(55)29-28-42-41-24-8-10-27-46(41)56-48(42)47/h1-32H. The normalized spacial score (nSPS) is 11.6. The molecule has 0 unspecified atom stereocenters. The monoisotopic (exact) mass is 716 g/mol. The highest BCUT2D eigenvalue weighted by molar-refractivity contribution is 6.23. The van der Waals surface area contributed by atoms with Gasteiger partial charge in [0.2, 0.25) is 0 Å². The van der Waals surface area contributed by atoms with Crippen molar-refractivity contribution in [1.29, 1.82) is 0 Å². The molecule has 8 aromatic carbocycles. The fourth-order valence-electron chi connectivity index (χ4n) is 7.99. The van der Waals surface area contributed by atoms with Gasteiger partial charge in [0.1, 0.15) is 11.2 Å². The van der Waals surface area contributed by atoms with Crippen molar-refractivity contribution < 1.29 is 4.42 Å². The van der Waals surface area contributed by atoms with E-state index in [-0.39, 0.29) is 0 Å². The molecule has 5 nitrogen and oxygen atoms in total. The van der Waals surface area contributed by atoms with Crippen LogP contribution in [0.1, 0.15) is 0 Å². The van der Waals surface area contributed by atoms with Crippen LogP contribution >= 0.6 is 0 Å². The molecule has 0 aliphatic carbocycles. The Morgan fingerprint density at radius 1 is 0.339 bits per heavy atom. The fraction of sp³-hybridized carbons (Fsp3) is 0. The molecular weight excluding hydrogens is 685 g/mol. The minimum absolute atomic E-state index is 0.620. The number of rotatable bonds is 6. The number of nitrogens with zero attached hydrogens (tertiary/aromatic N) is 4. The summed E-state index contributed by atoms with van der Waals surface area (Å²) < 4.78 is 8.89. The van der Waals surface area contributed by atoms with E-state index >= 15 is 0 Å². The van der Waals surface area contributed by atoms with Crippen LogP contribution in [0.2, 0.25) is 0 Å². The van der Waals surface area contributed by atoms with Crippen molar-refractivity contribution in [3.63, 3.8) is 0 Å². The van der Waals surface area contributed by atoms with Crippen LogP contribution < -0.4 is 0 Å². The van der Waals surface area contributed by atoms with Crippen molar-refractivity contribution in [3.05, 3.63) is 194 Å². The zero-order chi connectivity index (χ0) is 37.0. The Bertz CT molecular complexity index is 3250. The van der Waals surface area contributed by atoms with Gasteiger partial charge < -0.3 is 8.98 Å². The molecule has 11 rings (SSSR count). The minimum Gasteiger partial charge on any atom is -0.455 e. The maximum absolute atomic E-state index is 6.54. The molecule has 0 radical (unpaired) electrons. The topological polar surface area (TPSA) is 56.7 Å². The first-order valence-corrected chi connectivity index (χ1v) is 18.8. The number of para-hydroxylation sites is 2. The summed E-state index contributed by atoms with van der Waals surface area (Å²) in [7, 11) is 0. The molecule has 0 spiro atoms. The second kappa shape index (κ2) is 13.0. The van der Waals surface area contributed by atoms with Crippen LogP contribution in [-0.2, 0) is 0 Å². The smallest absolute Gasteiger partial charge is 0.164 e. The van der Waals surface area contributed by atoms with Crippen LogP contribution in [0.25, 0.3) is 106 Å². The summed E-state index contributed by atoms with van der Waals surface area (Å²) in [6, 6.07) is 67.4. The molecule has 3 heterocycles. The van der Waals surface area contributed by atoms with E-state index in [1.165, 1.54) is 0 Å². The summed E-state index contributed by atoms with van der Waals surface area (Å²) in [6.07, 6.45) is 0. The lowest BCUT2D eigenvalue weighted by Crippen LogP contribution is -2.00. The average molecular weight is 717 g/mol. The quantitative estimate of drug-likeness (QED) is 0.172. The Hall–Kier alpha value is -7.63. The van der Waals surface area contributed by atoms with Crippen molar-refractivity contribution in [3.8, 4) is 62.1 Å². The third-order valence-electron chi connectivity index (χ3n) is 10.6. The fourth-order valence-corrected chi connectivity index (χ4v) is 7.99. The molecule has 0 atom stereocenters. The van der Waals surface area contributed by atoms with E-state index < -0.39 is 0 Å². The van der Waals surface area contributed by atoms with Crippen molar-refractivity contribution >= 4 is 43.7 Å². The molecule has 11 aromatic rings. The number of hydrogen-bond donors (Lipinski definition) is 0. The molecule has 0 aliphatic heterocycles. The molecule has 0 saturated carbocycles. The number of benzene rings is 8. The van der Waals surface area contributed by atoms with Crippen molar-refractivity contribution in [2.24, 2.45) is 0 Å². The second-order valence-corrected chi connectivity index (χ2v) is 14.0. The zero-order valence-corrected chi connectivity index (χ0v) is 30.2. The van der Waals surface area contributed by atoms with Gasteiger partial charge in [0.15, 0.2) is 17.5 Å². The third kappa shape index (κ3) is 5.37. The van der Waals surface area contributed by atoms with Gasteiger partial charge in [-0.1, -0.05) is 146 Å². The molecule has 0 saturated heterocycles. The predicted octanol–water partition coefficient (Wildman–Crippen LogP) is 13.2. The summed E-state index contributed by atoms with van der Waals surface area (Å²) in [5.74, 6) is 1.88. The first kappa shape index (κ1) is 31.9. The lowest BCUT2D eigenvalue weighted by atomic mass is 10.0. The Morgan fingerprint density at radius 2 is 0.857 bits per heavy atom.